The summed E-state index contributed by atoms with van der Waals surface area (Å²) in [7, 11) is -3.76. The molecule has 0 atom stereocenters. The number of benzene rings is 1. The zero-order valence-electron chi connectivity index (χ0n) is 10.4. The summed E-state index contributed by atoms with van der Waals surface area (Å²) in [6.07, 6.45) is 1.53. The maximum absolute atomic E-state index is 12.2. The van der Waals surface area contributed by atoms with Gasteiger partial charge in [0, 0.05) is 12.1 Å². The van der Waals surface area contributed by atoms with Crippen LogP contribution in [0, 0.1) is 10.1 Å². The summed E-state index contributed by atoms with van der Waals surface area (Å²) in [5, 5.41) is 10.7. The highest BCUT2D eigenvalue weighted by Crippen LogP contribution is 2.27. The molecule has 9 heteroatoms. The highest BCUT2D eigenvalue weighted by atomic mass is 35.5. The second-order valence-corrected chi connectivity index (χ2v) is 7.72. The molecule has 1 fully saturated rings. The molecule has 2 rings (SSSR count). The molecular weight excluding hydrogens is 324 g/mol. The minimum absolute atomic E-state index is 0.0805. The van der Waals surface area contributed by atoms with Crippen molar-refractivity contribution >= 4 is 39.1 Å². The minimum Gasteiger partial charge on any atom is -0.258 e. The van der Waals surface area contributed by atoms with E-state index in [-0.39, 0.29) is 16.0 Å². The number of nitro benzene ring substituents is 1. The van der Waals surface area contributed by atoms with Crippen LogP contribution in [0.25, 0.3) is 0 Å². The Labute approximate surface area is 126 Å². The molecular formula is C11H13ClN2O4S2. The molecule has 6 nitrogen and oxygen atoms in total. The zero-order valence-corrected chi connectivity index (χ0v) is 12.8. The van der Waals surface area contributed by atoms with Crippen LogP contribution in [0.5, 0.6) is 0 Å². The molecule has 0 bridgehead atoms. The van der Waals surface area contributed by atoms with Crippen LogP contribution in [0.2, 0.25) is 5.02 Å². The van der Waals surface area contributed by atoms with Gasteiger partial charge in [0.05, 0.1) is 9.82 Å². The number of nitrogens with one attached hydrogen (secondary N) is 1. The van der Waals surface area contributed by atoms with Gasteiger partial charge in [0.25, 0.3) is 5.69 Å². The van der Waals surface area contributed by atoms with Gasteiger partial charge in [-0.05, 0) is 36.5 Å². The van der Waals surface area contributed by atoms with Crippen molar-refractivity contribution in [1.82, 2.24) is 4.72 Å². The average Bonchev–Trinajstić information content (AvgIpc) is 2.39. The monoisotopic (exact) mass is 336 g/mol. The normalized spacial score (nSPS) is 17.1. The van der Waals surface area contributed by atoms with Crippen molar-refractivity contribution in [2.24, 2.45) is 0 Å². The second kappa shape index (κ2) is 6.30. The Bertz CT molecular complexity index is 615. The zero-order chi connectivity index (χ0) is 14.8. The molecule has 1 aromatic carbocycles. The van der Waals surface area contributed by atoms with Crippen molar-refractivity contribution in [2.45, 2.75) is 23.8 Å². The fourth-order valence-corrected chi connectivity index (χ4v) is 4.52. The fraction of sp³-hybridized carbons (Fsp3) is 0.455. The van der Waals surface area contributed by atoms with Gasteiger partial charge in [0.15, 0.2) is 0 Å². The van der Waals surface area contributed by atoms with Crippen LogP contribution in [0.4, 0.5) is 5.69 Å². The van der Waals surface area contributed by atoms with E-state index in [0.717, 1.165) is 30.4 Å². The Morgan fingerprint density at radius 2 is 2.00 bits per heavy atom. The van der Waals surface area contributed by atoms with Gasteiger partial charge < -0.3 is 0 Å². The molecule has 1 aliphatic rings. The number of nitro groups is 1. The molecule has 1 aromatic rings. The first-order valence-electron chi connectivity index (χ1n) is 5.94. The van der Waals surface area contributed by atoms with Gasteiger partial charge >= 0.3 is 0 Å². The quantitative estimate of drug-likeness (QED) is 0.673. The van der Waals surface area contributed by atoms with Crippen molar-refractivity contribution in [3.8, 4) is 0 Å². The van der Waals surface area contributed by atoms with E-state index in [2.05, 4.69) is 4.72 Å². The van der Waals surface area contributed by atoms with E-state index in [1.165, 1.54) is 12.1 Å². The van der Waals surface area contributed by atoms with E-state index in [4.69, 9.17) is 11.6 Å². The number of sulfonamides is 1. The standard InChI is InChI=1S/C11H13ClN2O4S2/c12-10-2-1-9(7-11(10)14(15)16)20(17,18)13-8-3-5-19-6-4-8/h1-2,7-8,13H,3-6H2. The highest BCUT2D eigenvalue weighted by Gasteiger charge is 2.24. The predicted octanol–water partition coefficient (Wildman–Crippen LogP) is 2.42. The fourth-order valence-electron chi connectivity index (χ4n) is 1.90. The van der Waals surface area contributed by atoms with Crippen LogP contribution >= 0.6 is 23.4 Å². The molecule has 0 radical (unpaired) electrons. The molecule has 0 saturated carbocycles. The van der Waals surface area contributed by atoms with Crippen LogP contribution in [0.3, 0.4) is 0 Å². The van der Waals surface area contributed by atoms with Gasteiger partial charge in [-0.2, -0.15) is 11.8 Å². The first kappa shape index (κ1) is 15.6. The van der Waals surface area contributed by atoms with Gasteiger partial charge in [-0.1, -0.05) is 11.6 Å². The lowest BCUT2D eigenvalue weighted by Crippen LogP contribution is -2.37. The summed E-state index contributed by atoms with van der Waals surface area (Å²) in [6, 6.07) is 3.37. The van der Waals surface area contributed by atoms with Crippen LogP contribution in [0.15, 0.2) is 23.1 Å². The summed E-state index contributed by atoms with van der Waals surface area (Å²) in [5.41, 5.74) is -0.409. The molecule has 1 saturated heterocycles. The minimum atomic E-state index is -3.76. The highest BCUT2D eigenvalue weighted by molar-refractivity contribution is 7.99. The van der Waals surface area contributed by atoms with E-state index in [1.807, 2.05) is 0 Å². The SMILES string of the molecule is O=[N+]([O-])c1cc(S(=O)(=O)NC2CCSCC2)ccc1Cl. The maximum atomic E-state index is 12.2. The van der Waals surface area contributed by atoms with Crippen molar-refractivity contribution < 1.29 is 13.3 Å². The summed E-state index contributed by atoms with van der Waals surface area (Å²) in [5.74, 6) is 1.82. The smallest absolute Gasteiger partial charge is 0.258 e. The second-order valence-electron chi connectivity index (χ2n) is 4.38. The Hall–Kier alpha value is -0.830. The Morgan fingerprint density at radius 3 is 2.60 bits per heavy atom. The lowest BCUT2D eigenvalue weighted by Gasteiger charge is -2.22. The number of halogens is 1. The van der Waals surface area contributed by atoms with Gasteiger partial charge in [-0.25, -0.2) is 13.1 Å². The Balaban J connectivity index is 2.24. The van der Waals surface area contributed by atoms with Crippen molar-refractivity contribution in [1.29, 1.82) is 0 Å². The van der Waals surface area contributed by atoms with Crippen LogP contribution in [-0.2, 0) is 10.0 Å². The van der Waals surface area contributed by atoms with Gasteiger partial charge in [0.2, 0.25) is 10.0 Å². The molecule has 1 aliphatic heterocycles. The largest absolute Gasteiger partial charge is 0.289 e. The summed E-state index contributed by atoms with van der Waals surface area (Å²) >= 11 is 7.46. The summed E-state index contributed by atoms with van der Waals surface area (Å²) in [6.45, 7) is 0. The molecule has 0 aliphatic carbocycles. The van der Waals surface area contributed by atoms with Gasteiger partial charge in [-0.3, -0.25) is 10.1 Å². The third-order valence-corrected chi connectivity index (χ3v) is 5.85. The van der Waals surface area contributed by atoms with E-state index < -0.39 is 20.6 Å². The first-order valence-corrected chi connectivity index (χ1v) is 8.96. The third-order valence-electron chi connectivity index (χ3n) is 2.97. The Morgan fingerprint density at radius 1 is 1.35 bits per heavy atom. The number of hydrogen-bond donors (Lipinski definition) is 1. The number of hydrogen-bond acceptors (Lipinski definition) is 5. The van der Waals surface area contributed by atoms with Crippen molar-refractivity contribution in [2.75, 3.05) is 11.5 Å². The van der Waals surface area contributed by atoms with Crippen LogP contribution < -0.4 is 4.72 Å². The van der Waals surface area contributed by atoms with Crippen molar-refractivity contribution in [3.05, 3.63) is 33.3 Å². The lowest BCUT2D eigenvalue weighted by molar-refractivity contribution is -0.384. The molecule has 1 heterocycles. The predicted molar refractivity (Wildman–Crippen MR) is 78.8 cm³/mol. The van der Waals surface area contributed by atoms with Crippen LogP contribution in [0.1, 0.15) is 12.8 Å². The first-order chi connectivity index (χ1) is 9.40. The van der Waals surface area contributed by atoms with Crippen LogP contribution in [-0.4, -0.2) is 30.9 Å². The van der Waals surface area contributed by atoms with E-state index in [0.29, 0.717) is 0 Å². The van der Waals surface area contributed by atoms with Gasteiger partial charge in [-0.15, -0.1) is 0 Å². The van der Waals surface area contributed by atoms with E-state index >= 15 is 0 Å². The molecule has 0 amide bonds. The maximum Gasteiger partial charge on any atom is 0.289 e. The summed E-state index contributed by atoms with van der Waals surface area (Å²) < 4.78 is 27.0. The van der Waals surface area contributed by atoms with Gasteiger partial charge in [0.1, 0.15) is 5.02 Å². The van der Waals surface area contributed by atoms with E-state index in [9.17, 15) is 18.5 Å². The molecule has 1 N–H and O–H groups in total. The van der Waals surface area contributed by atoms with Crippen molar-refractivity contribution in [3.63, 3.8) is 0 Å². The summed E-state index contributed by atoms with van der Waals surface area (Å²) in [4.78, 5) is 9.97. The Kier molecular flexibility index (Phi) is 4.90. The molecule has 110 valence electrons. The molecule has 0 aromatic heterocycles. The molecule has 0 spiro atoms. The molecule has 0 unspecified atom stereocenters. The molecule has 20 heavy (non-hydrogen) atoms. The number of thioether (sulfide) groups is 1. The lowest BCUT2D eigenvalue weighted by atomic mass is 10.2. The average molecular weight is 337 g/mol. The third kappa shape index (κ3) is 3.63. The topological polar surface area (TPSA) is 89.3 Å². The number of nitrogens with zero attached hydrogens (tertiary/aromatic N) is 1. The number of rotatable bonds is 4. The van der Waals surface area contributed by atoms with E-state index in [1.54, 1.807) is 11.8 Å².